The van der Waals surface area contributed by atoms with Crippen molar-refractivity contribution >= 4 is 11.9 Å². The molecule has 0 aromatic carbocycles. The van der Waals surface area contributed by atoms with Gasteiger partial charge in [-0.05, 0) is 98.2 Å². The molecule has 416 valence electrons. The van der Waals surface area contributed by atoms with Crippen LogP contribution in [0.15, 0.2) is 23.3 Å². The number of allylic oxidation sites excluding steroid dienone is 2. The van der Waals surface area contributed by atoms with Gasteiger partial charge in [-0.25, -0.2) is 9.59 Å². The van der Waals surface area contributed by atoms with Crippen LogP contribution in [0.3, 0.4) is 0 Å². The predicted molar refractivity (Wildman–Crippen MR) is 252 cm³/mol. The smallest absolute Gasteiger partial charge is 0.335 e. The summed E-state index contributed by atoms with van der Waals surface area (Å²) in [7, 11) is 0. The number of carboxylic acid groups (broad SMARTS) is 1. The zero-order chi connectivity index (χ0) is 53.9. The fourth-order valence-electron chi connectivity index (χ4n) is 15.7. The molecule has 5 aliphatic carbocycles. The highest BCUT2D eigenvalue weighted by molar-refractivity contribution is 5.87. The molecule has 25 atom stereocenters. The van der Waals surface area contributed by atoms with Crippen LogP contribution in [0.4, 0.5) is 0 Å². The predicted octanol–water partition coefficient (Wildman–Crippen LogP) is -0.225. The number of fused-ring (bicyclic) bond motifs is 7. The van der Waals surface area contributed by atoms with Crippen molar-refractivity contribution in [1.82, 2.24) is 0 Å². The van der Waals surface area contributed by atoms with Gasteiger partial charge in [0.2, 0.25) is 0 Å². The van der Waals surface area contributed by atoms with Crippen LogP contribution < -0.4 is 0 Å². The van der Waals surface area contributed by atoms with E-state index in [0.717, 1.165) is 5.57 Å². The van der Waals surface area contributed by atoms with E-state index >= 15 is 0 Å². The summed E-state index contributed by atoms with van der Waals surface area (Å²) in [6, 6.07) is 0. The number of rotatable bonds is 11. The summed E-state index contributed by atoms with van der Waals surface area (Å²) in [5.74, 6) is -2.76. The summed E-state index contributed by atoms with van der Waals surface area (Å²) in [4.78, 5) is 26.2. The van der Waals surface area contributed by atoms with E-state index in [2.05, 4.69) is 33.8 Å². The van der Waals surface area contributed by atoms with Crippen molar-refractivity contribution in [1.29, 1.82) is 0 Å². The zero-order valence-corrected chi connectivity index (χ0v) is 43.4. The molecule has 0 spiro atoms. The number of carbonyl (C=O) groups excluding carboxylic acids is 1. The first-order chi connectivity index (χ1) is 34.0. The van der Waals surface area contributed by atoms with Crippen LogP contribution >= 0.6 is 0 Å². The van der Waals surface area contributed by atoms with Crippen molar-refractivity contribution in [2.45, 2.75) is 218 Å². The van der Waals surface area contributed by atoms with Gasteiger partial charge in [-0.15, -0.1) is 0 Å². The zero-order valence-electron chi connectivity index (χ0n) is 43.4. The molecule has 21 heteroatoms. The molecule has 0 aromatic heterocycles. The Morgan fingerprint density at radius 2 is 1.38 bits per heavy atom. The van der Waals surface area contributed by atoms with Gasteiger partial charge in [-0.1, -0.05) is 66.2 Å². The molecule has 0 amide bonds. The van der Waals surface area contributed by atoms with E-state index < -0.39 is 175 Å². The summed E-state index contributed by atoms with van der Waals surface area (Å²) in [6.07, 6.45) is -22.3. The number of aliphatic hydroxyl groups excluding tert-OH is 11. The number of hydrogen-bond donors (Lipinski definition) is 12. The quantitative estimate of drug-likeness (QED) is 0.0551. The lowest BCUT2D eigenvalue weighted by molar-refractivity contribution is -0.392. The standard InChI is InChI=1S/C52H82O21/c1-10-22(2)43(66)69-30-18-47(3,4)17-24-23-11-12-28-49(7)15-14-29(48(5,6)27(49)13-16-50(28,8)51(23,9)40(62)41(63)52(24,30)21-54)70-46-39(73-45-35(60)33(58)32(57)26(19-53)68-45)37(36(61)38(72-46)42(64)65)71-44-34(59)31(56)25(55)20-67-44/h10-11,24-41,44-46,53-63H,12-21H2,1-9H3,(H,64,65)/b22-10-/t24?,25-,26+,27?,28?,29+,30+,31-,32+,33-,34+,35+,36+,37+,38+,39-,40+,41-,44-,45-,46-,49+,50-,51+,52-/m1/s1. The SMILES string of the molecule is C/C=C(/C)C(=O)O[C@H]1CC(C)(C)CC2C3=CCC4[C@@]5(C)CC[C@H](O[C@@H]6O[C@H](C(=O)O)[C@@H](O)[C@H](O[C@H]7OC[C@@H](O)[C@@H](O)[C@@H]7O)[C@H]6O[C@H]6O[C@@H](CO)[C@H](O)[C@@H](O)[C@@H]6O)C(C)(C)C5CC[C@@]4(C)[C@]3(C)[C@@H](O)[C@@H](O)[C@]21CO. The summed E-state index contributed by atoms with van der Waals surface area (Å²) >= 11 is 0. The van der Waals surface area contributed by atoms with E-state index in [-0.39, 0.29) is 17.3 Å². The molecule has 3 saturated heterocycles. The molecule has 8 rings (SSSR count). The normalized spacial score (nSPS) is 51.6. The molecule has 0 aromatic rings. The van der Waals surface area contributed by atoms with Crippen LogP contribution in [0.1, 0.15) is 107 Å². The highest BCUT2D eigenvalue weighted by atomic mass is 16.8. The number of aliphatic hydroxyl groups is 11. The fraction of sp³-hybridized carbons (Fsp3) is 0.885. The van der Waals surface area contributed by atoms with Crippen molar-refractivity contribution in [2.75, 3.05) is 19.8 Å². The summed E-state index contributed by atoms with van der Waals surface area (Å²) in [5, 5.41) is 133. The monoisotopic (exact) mass is 1040 g/mol. The van der Waals surface area contributed by atoms with Gasteiger partial charge in [0.1, 0.15) is 67.1 Å². The Morgan fingerprint density at radius 1 is 0.726 bits per heavy atom. The maximum Gasteiger partial charge on any atom is 0.335 e. The van der Waals surface area contributed by atoms with Gasteiger partial charge in [-0.3, -0.25) is 0 Å². The summed E-state index contributed by atoms with van der Waals surface area (Å²) in [6.45, 7) is 16.3. The highest BCUT2D eigenvalue weighted by Gasteiger charge is 2.75. The molecule has 3 aliphatic heterocycles. The molecule has 4 saturated carbocycles. The molecular weight excluding hydrogens is 961 g/mol. The second-order valence-electron chi connectivity index (χ2n) is 24.7. The molecule has 0 bridgehead atoms. The Labute approximate surface area is 426 Å². The number of carboxylic acids is 1. The van der Waals surface area contributed by atoms with Crippen molar-refractivity contribution in [2.24, 2.45) is 50.2 Å². The average Bonchev–Trinajstić information content (AvgIpc) is 3.33. The van der Waals surface area contributed by atoms with Crippen LogP contribution in [-0.2, 0) is 42.7 Å². The minimum absolute atomic E-state index is 0.0629. The summed E-state index contributed by atoms with van der Waals surface area (Å²) in [5.41, 5.74) is -3.15. The molecule has 3 heterocycles. The van der Waals surface area contributed by atoms with Gasteiger partial charge in [0.15, 0.2) is 25.0 Å². The van der Waals surface area contributed by atoms with E-state index in [1.54, 1.807) is 19.9 Å². The Hall–Kier alpha value is -2.26. The maximum atomic E-state index is 13.4. The highest BCUT2D eigenvalue weighted by Crippen LogP contribution is 2.76. The lowest BCUT2D eigenvalue weighted by atomic mass is 9.32. The van der Waals surface area contributed by atoms with Gasteiger partial charge in [-0.2, -0.15) is 0 Å². The summed E-state index contributed by atoms with van der Waals surface area (Å²) < 4.78 is 42.5. The van der Waals surface area contributed by atoms with Crippen LogP contribution in [0.2, 0.25) is 0 Å². The van der Waals surface area contributed by atoms with Crippen molar-refractivity contribution < 1.29 is 104 Å². The third kappa shape index (κ3) is 8.89. The topological polar surface area (TPSA) is 342 Å². The second kappa shape index (κ2) is 20.2. The number of carbonyl (C=O) groups is 2. The molecule has 12 N–H and O–H groups in total. The van der Waals surface area contributed by atoms with Gasteiger partial charge in [0.25, 0.3) is 0 Å². The maximum absolute atomic E-state index is 13.4. The number of esters is 1. The minimum atomic E-state index is -2.10. The third-order valence-electron chi connectivity index (χ3n) is 20.1. The molecule has 8 aliphatic rings. The van der Waals surface area contributed by atoms with E-state index in [9.17, 15) is 70.9 Å². The molecule has 3 unspecified atom stereocenters. The Morgan fingerprint density at radius 3 is 2.01 bits per heavy atom. The Balaban J connectivity index is 1.12. The van der Waals surface area contributed by atoms with Gasteiger partial charge < -0.3 is 94.4 Å². The largest absolute Gasteiger partial charge is 0.479 e. The third-order valence-corrected chi connectivity index (χ3v) is 20.1. The van der Waals surface area contributed by atoms with Crippen molar-refractivity contribution in [3.8, 4) is 0 Å². The molecular formula is C52H82O21. The number of aliphatic carboxylic acids is 1. The molecule has 21 nitrogen and oxygen atoms in total. The van der Waals surface area contributed by atoms with Crippen LogP contribution in [0, 0.1) is 50.2 Å². The number of hydrogen-bond acceptors (Lipinski definition) is 20. The van der Waals surface area contributed by atoms with Gasteiger partial charge >= 0.3 is 11.9 Å². The van der Waals surface area contributed by atoms with E-state index in [0.29, 0.717) is 50.5 Å². The molecule has 73 heavy (non-hydrogen) atoms. The van der Waals surface area contributed by atoms with Crippen molar-refractivity contribution in [3.05, 3.63) is 23.3 Å². The van der Waals surface area contributed by atoms with Crippen molar-refractivity contribution in [3.63, 3.8) is 0 Å². The first-order valence-electron chi connectivity index (χ1n) is 26.0. The second-order valence-corrected chi connectivity index (χ2v) is 24.7. The van der Waals surface area contributed by atoms with E-state index in [1.165, 1.54) is 0 Å². The van der Waals surface area contributed by atoms with E-state index in [1.807, 2.05) is 20.8 Å². The Kier molecular flexibility index (Phi) is 15.7. The van der Waals surface area contributed by atoms with Crippen LogP contribution in [0.25, 0.3) is 0 Å². The van der Waals surface area contributed by atoms with Crippen LogP contribution in [-0.4, -0.2) is 203 Å². The van der Waals surface area contributed by atoms with E-state index in [4.69, 9.17) is 33.2 Å². The molecule has 7 fully saturated rings. The first kappa shape index (κ1) is 56.9. The lowest BCUT2D eigenvalue weighted by Gasteiger charge is -2.73. The Bertz CT molecular complexity index is 2100. The van der Waals surface area contributed by atoms with Gasteiger partial charge in [0, 0.05) is 11.0 Å². The first-order valence-corrected chi connectivity index (χ1v) is 26.0. The molecule has 0 radical (unpaired) electrons. The van der Waals surface area contributed by atoms with Crippen LogP contribution in [0.5, 0.6) is 0 Å². The number of ether oxygens (including phenoxy) is 7. The van der Waals surface area contributed by atoms with Gasteiger partial charge in [0.05, 0.1) is 43.5 Å². The fourth-order valence-corrected chi connectivity index (χ4v) is 15.7. The average molecular weight is 1040 g/mol. The minimum Gasteiger partial charge on any atom is -0.479 e. The lowest BCUT2D eigenvalue weighted by Crippen LogP contribution is -2.74.